The molecule has 2 rings (SSSR count). The van der Waals surface area contributed by atoms with Crippen LogP contribution in [0.4, 0.5) is 17.3 Å². The molecule has 1 aromatic heterocycles. The number of hydrogen-bond donors (Lipinski definition) is 1. The van der Waals surface area contributed by atoms with E-state index in [9.17, 15) is 0 Å². The van der Waals surface area contributed by atoms with Gasteiger partial charge in [0, 0.05) is 24.7 Å². The molecular formula is C15H20N4. The van der Waals surface area contributed by atoms with Crippen molar-refractivity contribution in [1.29, 1.82) is 0 Å². The lowest BCUT2D eigenvalue weighted by molar-refractivity contribution is 0.907. The predicted molar refractivity (Wildman–Crippen MR) is 79.7 cm³/mol. The summed E-state index contributed by atoms with van der Waals surface area (Å²) >= 11 is 0. The molecule has 100 valence electrons. The highest BCUT2D eigenvalue weighted by Gasteiger charge is 2.10. The summed E-state index contributed by atoms with van der Waals surface area (Å²) in [4.78, 5) is 10.9. The Hall–Kier alpha value is -2.10. The Bertz CT molecular complexity index is 549. The first kappa shape index (κ1) is 13.3. The zero-order valence-electron chi connectivity index (χ0n) is 11.7. The van der Waals surface area contributed by atoms with Gasteiger partial charge >= 0.3 is 0 Å². The molecule has 0 amide bonds. The summed E-state index contributed by atoms with van der Waals surface area (Å²) < 4.78 is 0. The Morgan fingerprint density at radius 2 is 1.79 bits per heavy atom. The number of hydrogen-bond acceptors (Lipinski definition) is 4. The third kappa shape index (κ3) is 3.02. The van der Waals surface area contributed by atoms with E-state index in [0.717, 1.165) is 30.3 Å². The van der Waals surface area contributed by atoms with Crippen molar-refractivity contribution in [2.24, 2.45) is 0 Å². The minimum absolute atomic E-state index is 0.521. The number of rotatable bonds is 4. The fraction of sp³-hybridized carbons (Fsp3) is 0.333. The molecule has 0 atom stereocenters. The average Bonchev–Trinajstić information content (AvgIpc) is 2.41. The van der Waals surface area contributed by atoms with E-state index in [2.05, 4.69) is 53.0 Å². The molecule has 2 aromatic rings. The van der Waals surface area contributed by atoms with Crippen molar-refractivity contribution < 1.29 is 0 Å². The van der Waals surface area contributed by atoms with Gasteiger partial charge in [-0.15, -0.1) is 0 Å². The molecular weight excluding hydrogens is 236 g/mol. The number of benzene rings is 1. The molecule has 0 aliphatic carbocycles. The second kappa shape index (κ2) is 5.69. The van der Waals surface area contributed by atoms with E-state index >= 15 is 0 Å². The third-order valence-electron chi connectivity index (χ3n) is 3.03. The number of anilines is 3. The van der Waals surface area contributed by atoms with Gasteiger partial charge in [0.1, 0.15) is 17.5 Å². The van der Waals surface area contributed by atoms with Crippen LogP contribution in [0.1, 0.15) is 25.2 Å². The van der Waals surface area contributed by atoms with Gasteiger partial charge in [0.25, 0.3) is 0 Å². The SMILES string of the molecule is CCc1nc(N)cc(N(CC)c2ccc(C)cc2)n1. The average molecular weight is 256 g/mol. The van der Waals surface area contributed by atoms with Gasteiger partial charge < -0.3 is 10.6 Å². The number of nitrogens with zero attached hydrogens (tertiary/aromatic N) is 3. The van der Waals surface area contributed by atoms with E-state index < -0.39 is 0 Å². The molecule has 4 heteroatoms. The molecule has 4 nitrogen and oxygen atoms in total. The Morgan fingerprint density at radius 3 is 2.37 bits per heavy atom. The van der Waals surface area contributed by atoms with Gasteiger partial charge in [0.2, 0.25) is 0 Å². The molecule has 0 aliphatic rings. The van der Waals surface area contributed by atoms with Crippen LogP contribution in [0, 0.1) is 6.92 Å². The first-order valence-electron chi connectivity index (χ1n) is 6.61. The van der Waals surface area contributed by atoms with E-state index in [1.54, 1.807) is 0 Å². The molecule has 19 heavy (non-hydrogen) atoms. The van der Waals surface area contributed by atoms with Crippen molar-refractivity contribution in [2.45, 2.75) is 27.2 Å². The molecule has 0 saturated heterocycles. The highest BCUT2D eigenvalue weighted by molar-refractivity contribution is 5.62. The lowest BCUT2D eigenvalue weighted by Crippen LogP contribution is -2.18. The van der Waals surface area contributed by atoms with Crippen molar-refractivity contribution in [1.82, 2.24) is 9.97 Å². The van der Waals surface area contributed by atoms with Crippen LogP contribution in [0.2, 0.25) is 0 Å². The number of aryl methyl sites for hydroxylation is 2. The maximum Gasteiger partial charge on any atom is 0.138 e. The van der Waals surface area contributed by atoms with Gasteiger partial charge in [0.05, 0.1) is 0 Å². The van der Waals surface area contributed by atoms with Crippen LogP contribution in [0.3, 0.4) is 0 Å². The van der Waals surface area contributed by atoms with Crippen molar-refractivity contribution in [3.05, 3.63) is 41.7 Å². The Morgan fingerprint density at radius 1 is 1.11 bits per heavy atom. The highest BCUT2D eigenvalue weighted by Crippen LogP contribution is 2.24. The lowest BCUT2D eigenvalue weighted by atomic mass is 10.2. The first-order chi connectivity index (χ1) is 9.13. The van der Waals surface area contributed by atoms with Crippen molar-refractivity contribution in [2.75, 3.05) is 17.2 Å². The molecule has 0 saturated carbocycles. The fourth-order valence-corrected chi connectivity index (χ4v) is 2.00. The van der Waals surface area contributed by atoms with Gasteiger partial charge in [0.15, 0.2) is 0 Å². The van der Waals surface area contributed by atoms with Crippen molar-refractivity contribution in [3.63, 3.8) is 0 Å². The van der Waals surface area contributed by atoms with E-state index in [-0.39, 0.29) is 0 Å². The zero-order valence-corrected chi connectivity index (χ0v) is 11.7. The summed E-state index contributed by atoms with van der Waals surface area (Å²) in [5.74, 6) is 2.16. The van der Waals surface area contributed by atoms with Crippen LogP contribution in [0.5, 0.6) is 0 Å². The van der Waals surface area contributed by atoms with Crippen LogP contribution < -0.4 is 10.6 Å². The molecule has 0 bridgehead atoms. The molecule has 0 spiro atoms. The van der Waals surface area contributed by atoms with Gasteiger partial charge in [-0.1, -0.05) is 24.6 Å². The normalized spacial score (nSPS) is 10.5. The standard InChI is InChI=1S/C15H20N4/c1-4-14-17-13(16)10-15(18-14)19(5-2)12-8-6-11(3)7-9-12/h6-10H,4-5H2,1-3H3,(H2,16,17,18). The lowest BCUT2D eigenvalue weighted by Gasteiger charge is -2.22. The van der Waals surface area contributed by atoms with Crippen LogP contribution in [-0.2, 0) is 6.42 Å². The summed E-state index contributed by atoms with van der Waals surface area (Å²) in [5, 5.41) is 0. The fourth-order valence-electron chi connectivity index (χ4n) is 2.00. The second-order valence-corrected chi connectivity index (χ2v) is 4.50. The van der Waals surface area contributed by atoms with Crippen molar-refractivity contribution in [3.8, 4) is 0 Å². The smallest absolute Gasteiger partial charge is 0.138 e. The van der Waals surface area contributed by atoms with E-state index in [1.807, 2.05) is 13.0 Å². The van der Waals surface area contributed by atoms with Gasteiger partial charge in [-0.2, -0.15) is 0 Å². The summed E-state index contributed by atoms with van der Waals surface area (Å²) in [5.41, 5.74) is 8.22. The van der Waals surface area contributed by atoms with Gasteiger partial charge in [-0.05, 0) is 26.0 Å². The molecule has 0 aliphatic heterocycles. The highest BCUT2D eigenvalue weighted by atomic mass is 15.2. The minimum Gasteiger partial charge on any atom is -0.384 e. The minimum atomic E-state index is 0.521. The molecule has 1 heterocycles. The maximum atomic E-state index is 5.85. The largest absolute Gasteiger partial charge is 0.384 e. The first-order valence-corrected chi connectivity index (χ1v) is 6.61. The summed E-state index contributed by atoms with van der Waals surface area (Å²) in [7, 11) is 0. The number of aromatic nitrogens is 2. The van der Waals surface area contributed by atoms with E-state index in [1.165, 1.54) is 5.56 Å². The topological polar surface area (TPSA) is 55.0 Å². The number of nitrogens with two attached hydrogens (primary N) is 1. The third-order valence-corrected chi connectivity index (χ3v) is 3.03. The maximum absolute atomic E-state index is 5.85. The summed E-state index contributed by atoms with van der Waals surface area (Å²) in [6.07, 6.45) is 0.781. The quantitative estimate of drug-likeness (QED) is 0.913. The predicted octanol–water partition coefficient (Wildman–Crippen LogP) is 3.09. The van der Waals surface area contributed by atoms with Crippen LogP contribution in [0.25, 0.3) is 0 Å². The van der Waals surface area contributed by atoms with Gasteiger partial charge in [-0.3, -0.25) is 0 Å². The Labute approximate surface area is 114 Å². The van der Waals surface area contributed by atoms with E-state index in [0.29, 0.717) is 5.82 Å². The van der Waals surface area contributed by atoms with Gasteiger partial charge in [-0.25, -0.2) is 9.97 Å². The summed E-state index contributed by atoms with van der Waals surface area (Å²) in [6, 6.07) is 10.2. The monoisotopic (exact) mass is 256 g/mol. The van der Waals surface area contributed by atoms with Crippen LogP contribution in [0.15, 0.2) is 30.3 Å². The molecule has 0 unspecified atom stereocenters. The van der Waals surface area contributed by atoms with Crippen molar-refractivity contribution >= 4 is 17.3 Å². The zero-order chi connectivity index (χ0) is 13.8. The summed E-state index contributed by atoms with van der Waals surface area (Å²) in [6.45, 7) is 7.05. The molecule has 0 fully saturated rings. The van der Waals surface area contributed by atoms with Crippen LogP contribution in [-0.4, -0.2) is 16.5 Å². The Balaban J connectivity index is 2.41. The molecule has 0 radical (unpaired) electrons. The Kier molecular flexibility index (Phi) is 4.00. The van der Waals surface area contributed by atoms with E-state index in [4.69, 9.17) is 5.73 Å². The number of nitrogen functional groups attached to an aromatic ring is 1. The second-order valence-electron chi connectivity index (χ2n) is 4.50. The van der Waals surface area contributed by atoms with Crippen LogP contribution >= 0.6 is 0 Å². The molecule has 2 N–H and O–H groups in total. The molecule has 1 aromatic carbocycles.